The molecule has 0 bridgehead atoms. The Bertz CT molecular complexity index is 824. The molecule has 6 heteroatoms. The fourth-order valence-corrected chi connectivity index (χ4v) is 5.01. The van der Waals surface area contributed by atoms with E-state index in [9.17, 15) is 0 Å². The molecule has 2 rings (SSSR count). The van der Waals surface area contributed by atoms with Gasteiger partial charge in [-0.3, -0.25) is 0 Å². The van der Waals surface area contributed by atoms with Crippen LogP contribution in [0.15, 0.2) is 24.3 Å². The quantitative estimate of drug-likeness (QED) is 0.277. The van der Waals surface area contributed by atoms with Crippen LogP contribution in [0.2, 0.25) is 0 Å². The van der Waals surface area contributed by atoms with Crippen molar-refractivity contribution in [2.75, 3.05) is 13.1 Å². The summed E-state index contributed by atoms with van der Waals surface area (Å²) in [5.74, 6) is 1.72. The maximum absolute atomic E-state index is 6.79. The normalized spacial score (nSPS) is 13.4. The summed E-state index contributed by atoms with van der Waals surface area (Å²) >= 11 is 0.194. The summed E-state index contributed by atoms with van der Waals surface area (Å²) in [5, 5.41) is 4.92. The van der Waals surface area contributed by atoms with Crippen molar-refractivity contribution in [3.8, 4) is 0 Å². The van der Waals surface area contributed by atoms with Gasteiger partial charge in [0.15, 0.2) is 0 Å². The molecular weight excluding hydrogens is 529 g/mol. The van der Waals surface area contributed by atoms with Gasteiger partial charge in [-0.2, -0.15) is 0 Å². The number of hydrogen-bond donors (Lipinski definition) is 2. The summed E-state index contributed by atoms with van der Waals surface area (Å²) in [4.78, 5) is 0. The zero-order chi connectivity index (χ0) is 27.7. The average Bonchev–Trinajstić information content (AvgIpc) is 2.77. The molecule has 2 aromatic rings. The Kier molecular flexibility index (Phi) is 14.6. The number of halogens is 2. The fraction of sp³-hybridized carbons (Fsp3) is 0.600. The third-order valence-corrected chi connectivity index (χ3v) is 6.66. The molecule has 0 amide bonds. The number of rotatable bonds is 10. The third kappa shape index (κ3) is 9.31. The zero-order valence-corrected chi connectivity index (χ0v) is 26.5. The van der Waals surface area contributed by atoms with Crippen LogP contribution in [-0.4, -0.2) is 13.1 Å². The van der Waals surface area contributed by atoms with Gasteiger partial charge in [0, 0.05) is 12.1 Å². The molecule has 2 aromatic carbocycles. The van der Waals surface area contributed by atoms with E-state index in [0.29, 0.717) is 36.8 Å². The predicted octanol–water partition coefficient (Wildman–Crippen LogP) is 9.25. The summed E-state index contributed by atoms with van der Waals surface area (Å²) in [5.41, 5.74) is 24.2. The molecule has 0 aliphatic carbocycles. The van der Waals surface area contributed by atoms with E-state index in [4.69, 9.17) is 37.0 Å². The topological polar surface area (TPSA) is 66.1 Å². The number of hydrogen-bond acceptors (Lipinski definition) is 2. The van der Waals surface area contributed by atoms with Crippen LogP contribution < -0.4 is 11.5 Å². The van der Waals surface area contributed by atoms with Gasteiger partial charge in [-0.05, 0) is 70.9 Å². The second-order valence-electron chi connectivity index (χ2n) is 11.2. The van der Waals surface area contributed by atoms with Gasteiger partial charge in [-0.1, -0.05) is 90.8 Å². The Morgan fingerprint density at radius 3 is 1.03 bits per heavy atom. The fourth-order valence-electron chi connectivity index (χ4n) is 5.01. The van der Waals surface area contributed by atoms with Gasteiger partial charge in [-0.15, -0.1) is 13.1 Å². The number of nitrogens with two attached hydrogens (primary N) is 2. The second-order valence-corrected chi connectivity index (χ2v) is 13.0. The molecule has 0 aromatic heterocycles. The molecule has 36 heavy (non-hydrogen) atoms. The maximum atomic E-state index is 6.79. The van der Waals surface area contributed by atoms with Crippen LogP contribution in [0.4, 0.5) is 0 Å². The van der Waals surface area contributed by atoms with Crippen LogP contribution in [0.25, 0.3) is 5.32 Å². The van der Waals surface area contributed by atoms with E-state index in [-0.39, 0.29) is 25.2 Å². The summed E-state index contributed by atoms with van der Waals surface area (Å²) in [6.07, 6.45) is 0. The van der Waals surface area contributed by atoms with E-state index in [0.717, 1.165) is 0 Å². The van der Waals surface area contributed by atoms with Gasteiger partial charge < -0.3 is 16.8 Å². The Hall–Kier alpha value is -0.581. The van der Waals surface area contributed by atoms with Gasteiger partial charge >= 0.3 is 33.3 Å². The first kappa shape index (κ1) is 33.4. The predicted molar refractivity (Wildman–Crippen MR) is 157 cm³/mol. The molecule has 205 valence electrons. The van der Waals surface area contributed by atoms with Gasteiger partial charge in [0.2, 0.25) is 0 Å². The minimum atomic E-state index is -0.111. The molecule has 0 saturated heterocycles. The van der Waals surface area contributed by atoms with Crippen LogP contribution in [0.3, 0.4) is 0 Å². The molecule has 2 atom stereocenters. The molecule has 3 nitrogen and oxygen atoms in total. The first-order valence-electron chi connectivity index (χ1n) is 13.0. The third-order valence-electron chi connectivity index (χ3n) is 6.66. The molecule has 4 N–H and O–H groups in total. The Morgan fingerprint density at radius 1 is 0.611 bits per heavy atom. The van der Waals surface area contributed by atoms with E-state index in [1.807, 2.05) is 0 Å². The molecule has 0 aliphatic rings. The van der Waals surface area contributed by atoms with Gasteiger partial charge in [0.25, 0.3) is 0 Å². The number of nitrogens with zero attached hydrogens (tertiary/aromatic N) is 1. The SMILES string of the molecule is Cc1cc(C(C)C)c(C(N)C[N-]CC(N)c2c(C(C)C)cc(C)cc2C(C)C)c(C(C)C)c1.[Cl][Fe+][Cl]. The van der Waals surface area contributed by atoms with Crippen LogP contribution >= 0.6 is 20.2 Å². The first-order chi connectivity index (χ1) is 16.8. The summed E-state index contributed by atoms with van der Waals surface area (Å²) in [6, 6.07) is 8.97. The Balaban J connectivity index is 0.00000205. The summed E-state index contributed by atoms with van der Waals surface area (Å²) in [6.45, 7) is 23.5. The van der Waals surface area contributed by atoms with Gasteiger partial charge in [0.1, 0.15) is 0 Å². The van der Waals surface area contributed by atoms with Gasteiger partial charge in [0.05, 0.1) is 0 Å². The van der Waals surface area contributed by atoms with Crippen molar-refractivity contribution in [2.45, 2.75) is 105 Å². The van der Waals surface area contributed by atoms with Crippen molar-refractivity contribution < 1.29 is 13.1 Å². The minimum absolute atomic E-state index is 0.111. The summed E-state index contributed by atoms with van der Waals surface area (Å²) in [7, 11) is 9.53. The molecule has 0 saturated carbocycles. The summed E-state index contributed by atoms with van der Waals surface area (Å²) < 4.78 is 0. The van der Waals surface area contributed by atoms with E-state index >= 15 is 0 Å². The van der Waals surface area contributed by atoms with E-state index in [1.54, 1.807) is 0 Å². The molecule has 0 heterocycles. The number of benzene rings is 2. The van der Waals surface area contributed by atoms with Crippen molar-refractivity contribution in [1.82, 2.24) is 0 Å². The van der Waals surface area contributed by atoms with Crippen LogP contribution in [-0.2, 0) is 13.1 Å². The molecule has 0 fully saturated rings. The van der Waals surface area contributed by atoms with E-state index < -0.39 is 0 Å². The van der Waals surface area contributed by atoms with Crippen LogP contribution in [0, 0.1) is 13.8 Å². The first-order valence-corrected chi connectivity index (χ1v) is 16.1. The molecule has 0 aliphatic heterocycles. The standard InChI is InChI=1S/C30H48N3.2ClH.Fe/c1-17(2)23-11-21(9)12-24(18(3)4)29(23)27(31)15-33-16-28(32)30-25(19(5)6)13-22(10)14-26(30)20(7)8;;;/h11-14,17-20,27-28H,15-16,31-32H2,1-10H3;2*1H;/q-1;;;+3/p-2. The number of aryl methyl sites for hydroxylation is 2. The van der Waals surface area contributed by atoms with E-state index in [1.165, 1.54) is 44.5 Å². The molecule has 0 radical (unpaired) electrons. The Labute approximate surface area is 236 Å². The molecular formula is C30H48Cl2FeN3. The van der Waals surface area contributed by atoms with Crippen molar-refractivity contribution in [2.24, 2.45) is 11.5 Å². The Morgan fingerprint density at radius 2 is 0.833 bits per heavy atom. The molecule has 2 unspecified atom stereocenters. The second kappa shape index (κ2) is 15.7. The van der Waals surface area contributed by atoms with Crippen LogP contribution in [0.1, 0.15) is 136 Å². The monoisotopic (exact) mass is 576 g/mol. The van der Waals surface area contributed by atoms with Crippen molar-refractivity contribution in [1.29, 1.82) is 0 Å². The zero-order valence-electron chi connectivity index (χ0n) is 23.9. The van der Waals surface area contributed by atoms with Crippen molar-refractivity contribution in [3.63, 3.8) is 0 Å². The van der Waals surface area contributed by atoms with Gasteiger partial charge in [-0.25, -0.2) is 0 Å². The van der Waals surface area contributed by atoms with Crippen LogP contribution in [0.5, 0.6) is 0 Å². The average molecular weight is 577 g/mol. The van der Waals surface area contributed by atoms with Crippen molar-refractivity contribution in [3.05, 3.63) is 74.1 Å². The van der Waals surface area contributed by atoms with Crippen molar-refractivity contribution >= 4 is 20.2 Å². The molecule has 0 spiro atoms. The van der Waals surface area contributed by atoms with E-state index in [2.05, 4.69) is 93.5 Å².